The molecule has 3 atom stereocenters. The molecule has 1 aromatic heterocycles. The molecule has 2 saturated carbocycles. The minimum absolute atomic E-state index is 0.176. The lowest BCUT2D eigenvalue weighted by Gasteiger charge is -2.21. The van der Waals surface area contributed by atoms with Gasteiger partial charge in [0.1, 0.15) is 5.69 Å². The summed E-state index contributed by atoms with van der Waals surface area (Å²) in [5.41, 5.74) is 0.629. The van der Waals surface area contributed by atoms with E-state index in [4.69, 9.17) is 11.6 Å². The summed E-state index contributed by atoms with van der Waals surface area (Å²) in [6, 6.07) is 0.176. The van der Waals surface area contributed by atoms with Crippen LogP contribution >= 0.6 is 11.6 Å². The molecule has 2 aliphatic carbocycles. The van der Waals surface area contributed by atoms with Crippen LogP contribution in [0.2, 0.25) is 5.02 Å². The van der Waals surface area contributed by atoms with E-state index in [0.29, 0.717) is 16.6 Å². The van der Waals surface area contributed by atoms with E-state index in [-0.39, 0.29) is 17.7 Å². The van der Waals surface area contributed by atoms with E-state index in [1.807, 2.05) is 13.8 Å². The Morgan fingerprint density at radius 3 is 2.78 bits per heavy atom. The van der Waals surface area contributed by atoms with E-state index >= 15 is 0 Å². The van der Waals surface area contributed by atoms with Crippen LogP contribution in [0.15, 0.2) is 6.20 Å². The number of rotatable bonds is 3. The Labute approximate surface area is 113 Å². The molecule has 3 rings (SSSR count). The van der Waals surface area contributed by atoms with Gasteiger partial charge in [-0.05, 0) is 44.9 Å². The van der Waals surface area contributed by atoms with Gasteiger partial charge in [-0.25, -0.2) is 0 Å². The summed E-state index contributed by atoms with van der Waals surface area (Å²) in [6.45, 7) is 4.06. The van der Waals surface area contributed by atoms with Gasteiger partial charge in [0.25, 0.3) is 0 Å². The van der Waals surface area contributed by atoms with Crippen molar-refractivity contribution in [3.05, 3.63) is 16.9 Å². The van der Waals surface area contributed by atoms with Crippen LogP contribution in [0.5, 0.6) is 0 Å². The van der Waals surface area contributed by atoms with Crippen molar-refractivity contribution in [2.45, 2.75) is 45.6 Å². The van der Waals surface area contributed by atoms with Crippen LogP contribution < -0.4 is 0 Å². The molecule has 2 bridgehead atoms. The first-order chi connectivity index (χ1) is 8.58. The van der Waals surface area contributed by atoms with Gasteiger partial charge in [0.15, 0.2) is 5.78 Å². The number of hydrogen-bond donors (Lipinski definition) is 0. The SMILES string of the molecule is CC(C)n1ncc(Cl)c1C(=O)C1CC2CCC1C2. The molecule has 1 heterocycles. The predicted octanol–water partition coefficient (Wildman–Crippen LogP) is 3.74. The molecule has 98 valence electrons. The van der Waals surface area contributed by atoms with Crippen molar-refractivity contribution < 1.29 is 4.79 Å². The van der Waals surface area contributed by atoms with Gasteiger partial charge in [0.2, 0.25) is 0 Å². The number of ketones is 1. The third-order valence-corrected chi connectivity index (χ3v) is 4.82. The van der Waals surface area contributed by atoms with Crippen molar-refractivity contribution >= 4 is 17.4 Å². The monoisotopic (exact) mass is 266 g/mol. The molecule has 18 heavy (non-hydrogen) atoms. The molecule has 0 aliphatic heterocycles. The molecule has 0 saturated heterocycles. The van der Waals surface area contributed by atoms with Crippen molar-refractivity contribution in [2.24, 2.45) is 17.8 Å². The van der Waals surface area contributed by atoms with Gasteiger partial charge in [0, 0.05) is 12.0 Å². The molecule has 2 aliphatic rings. The molecule has 3 unspecified atom stereocenters. The zero-order valence-corrected chi connectivity index (χ0v) is 11.7. The third kappa shape index (κ3) is 1.80. The van der Waals surface area contributed by atoms with Gasteiger partial charge >= 0.3 is 0 Å². The van der Waals surface area contributed by atoms with Crippen LogP contribution in [0.25, 0.3) is 0 Å². The molecular weight excluding hydrogens is 248 g/mol. The first kappa shape index (κ1) is 12.2. The van der Waals surface area contributed by atoms with Gasteiger partial charge in [-0.2, -0.15) is 5.10 Å². The molecular formula is C14H19ClN2O. The summed E-state index contributed by atoms with van der Waals surface area (Å²) in [5, 5.41) is 4.74. The Hall–Kier alpha value is -0.830. The van der Waals surface area contributed by atoms with Crippen molar-refractivity contribution in [2.75, 3.05) is 0 Å². The fraction of sp³-hybridized carbons (Fsp3) is 0.714. The summed E-state index contributed by atoms with van der Waals surface area (Å²) in [7, 11) is 0. The van der Waals surface area contributed by atoms with Crippen LogP contribution in [-0.4, -0.2) is 15.6 Å². The van der Waals surface area contributed by atoms with Crippen LogP contribution in [0.3, 0.4) is 0 Å². The largest absolute Gasteiger partial charge is 0.292 e. The number of halogens is 1. The summed E-state index contributed by atoms with van der Waals surface area (Å²) in [6.07, 6.45) is 6.43. The van der Waals surface area contributed by atoms with E-state index in [1.54, 1.807) is 10.9 Å². The van der Waals surface area contributed by atoms with E-state index < -0.39 is 0 Å². The van der Waals surface area contributed by atoms with Crippen molar-refractivity contribution in [3.63, 3.8) is 0 Å². The average molecular weight is 267 g/mol. The number of Topliss-reactive ketones (excluding diaryl/α,β-unsaturated/α-hetero) is 1. The molecule has 0 aromatic carbocycles. The molecule has 2 fully saturated rings. The Bertz CT molecular complexity index is 480. The van der Waals surface area contributed by atoms with Gasteiger partial charge in [-0.1, -0.05) is 18.0 Å². The highest BCUT2D eigenvalue weighted by Crippen LogP contribution is 2.49. The van der Waals surface area contributed by atoms with Gasteiger partial charge < -0.3 is 0 Å². The molecule has 3 nitrogen and oxygen atoms in total. The van der Waals surface area contributed by atoms with E-state index in [0.717, 1.165) is 12.3 Å². The highest BCUT2D eigenvalue weighted by Gasteiger charge is 2.44. The smallest absolute Gasteiger partial charge is 0.185 e. The number of aromatic nitrogens is 2. The lowest BCUT2D eigenvalue weighted by Crippen LogP contribution is -2.24. The third-order valence-electron chi connectivity index (χ3n) is 4.55. The maximum atomic E-state index is 12.7. The summed E-state index contributed by atoms with van der Waals surface area (Å²) >= 11 is 6.16. The second kappa shape index (κ2) is 4.37. The van der Waals surface area contributed by atoms with Crippen LogP contribution in [-0.2, 0) is 0 Å². The second-order valence-corrected chi connectivity index (χ2v) is 6.43. The van der Waals surface area contributed by atoms with Gasteiger partial charge in [0.05, 0.1) is 11.2 Å². The molecule has 4 heteroatoms. The number of fused-ring (bicyclic) bond motifs is 2. The normalized spacial score (nSPS) is 30.3. The van der Waals surface area contributed by atoms with Crippen LogP contribution in [0, 0.1) is 17.8 Å². The fourth-order valence-corrected chi connectivity index (χ4v) is 3.93. The standard InChI is InChI=1S/C14H19ClN2O/c1-8(2)17-13(12(15)7-16-17)14(18)11-6-9-3-4-10(11)5-9/h7-11H,3-6H2,1-2H3. The van der Waals surface area contributed by atoms with E-state index in [9.17, 15) is 4.79 Å². The van der Waals surface area contributed by atoms with Crippen LogP contribution in [0.1, 0.15) is 56.1 Å². The van der Waals surface area contributed by atoms with Crippen molar-refractivity contribution in [1.82, 2.24) is 9.78 Å². The average Bonchev–Trinajstić information content (AvgIpc) is 3.01. The first-order valence-electron chi connectivity index (χ1n) is 6.85. The minimum Gasteiger partial charge on any atom is -0.292 e. The first-order valence-corrected chi connectivity index (χ1v) is 7.23. The zero-order valence-electron chi connectivity index (χ0n) is 10.9. The Kier molecular flexibility index (Phi) is 2.97. The molecule has 0 N–H and O–H groups in total. The van der Waals surface area contributed by atoms with E-state index in [2.05, 4.69) is 5.10 Å². The Morgan fingerprint density at radius 2 is 2.22 bits per heavy atom. The van der Waals surface area contributed by atoms with Crippen molar-refractivity contribution in [3.8, 4) is 0 Å². The summed E-state index contributed by atoms with van der Waals surface area (Å²) in [5.74, 6) is 1.78. The maximum Gasteiger partial charge on any atom is 0.185 e. The number of carbonyl (C=O) groups is 1. The molecule has 1 aromatic rings. The summed E-state index contributed by atoms with van der Waals surface area (Å²) in [4.78, 5) is 12.7. The number of carbonyl (C=O) groups excluding carboxylic acids is 1. The fourth-order valence-electron chi connectivity index (χ4n) is 3.70. The molecule has 0 amide bonds. The molecule has 0 radical (unpaired) electrons. The highest BCUT2D eigenvalue weighted by atomic mass is 35.5. The lowest BCUT2D eigenvalue weighted by molar-refractivity contribution is 0.0861. The summed E-state index contributed by atoms with van der Waals surface area (Å²) < 4.78 is 1.77. The quantitative estimate of drug-likeness (QED) is 0.781. The molecule has 0 spiro atoms. The van der Waals surface area contributed by atoms with Gasteiger partial charge in [-0.15, -0.1) is 0 Å². The number of hydrogen-bond acceptors (Lipinski definition) is 2. The predicted molar refractivity (Wildman–Crippen MR) is 70.9 cm³/mol. The van der Waals surface area contributed by atoms with Gasteiger partial charge in [-0.3, -0.25) is 9.48 Å². The van der Waals surface area contributed by atoms with Crippen LogP contribution in [0.4, 0.5) is 0 Å². The Balaban J connectivity index is 1.91. The number of nitrogens with zero attached hydrogens (tertiary/aromatic N) is 2. The minimum atomic E-state index is 0.176. The van der Waals surface area contributed by atoms with Crippen molar-refractivity contribution in [1.29, 1.82) is 0 Å². The Morgan fingerprint density at radius 1 is 1.44 bits per heavy atom. The zero-order chi connectivity index (χ0) is 12.9. The lowest BCUT2D eigenvalue weighted by atomic mass is 9.84. The highest BCUT2D eigenvalue weighted by molar-refractivity contribution is 6.33. The topological polar surface area (TPSA) is 34.9 Å². The second-order valence-electron chi connectivity index (χ2n) is 6.03. The maximum absolute atomic E-state index is 12.7. The van der Waals surface area contributed by atoms with E-state index in [1.165, 1.54) is 19.3 Å².